The molecule has 1 heterocycles. The largest absolute Gasteiger partial charge is 0.378 e. The highest BCUT2D eigenvalue weighted by Gasteiger charge is 2.19. The van der Waals surface area contributed by atoms with Crippen LogP contribution in [0.5, 0.6) is 0 Å². The van der Waals surface area contributed by atoms with Crippen molar-refractivity contribution in [2.24, 2.45) is 0 Å². The molecule has 7 heteroatoms. The number of aromatic amines is 1. The third-order valence-corrected chi connectivity index (χ3v) is 3.22. The minimum absolute atomic E-state index is 0.0270. The molecular weight excluding hydrogens is 292 g/mol. The number of nitrogens with zero attached hydrogens (tertiary/aromatic N) is 1. The minimum atomic E-state index is -1.60. The van der Waals surface area contributed by atoms with Crippen molar-refractivity contribution in [2.45, 2.75) is 6.10 Å². The lowest BCUT2D eigenvalue weighted by Gasteiger charge is -2.12. The maximum absolute atomic E-state index is 13.1. The monoisotopic (exact) mass is 303 g/mol. The second-order valence-electron chi connectivity index (χ2n) is 4.74. The van der Waals surface area contributed by atoms with Crippen LogP contribution >= 0.6 is 0 Å². The molecule has 2 aromatic carbocycles. The van der Waals surface area contributed by atoms with Crippen molar-refractivity contribution in [3.63, 3.8) is 0 Å². The SMILES string of the molecule is O=C(Nc1ccc2[nH]ncc2c1)C(O)c1ccc(F)c(F)c1. The fourth-order valence-corrected chi connectivity index (χ4v) is 2.06. The standard InChI is InChI=1S/C15H11F2N3O2/c16-11-3-1-8(6-12(11)17)14(21)15(22)19-10-2-4-13-9(5-10)7-18-20-13/h1-7,14,21H,(H,18,20)(H,19,22). The fourth-order valence-electron chi connectivity index (χ4n) is 2.06. The Morgan fingerprint density at radius 2 is 2.00 bits per heavy atom. The Hall–Kier alpha value is -2.80. The number of aromatic nitrogens is 2. The zero-order valence-corrected chi connectivity index (χ0v) is 11.2. The summed E-state index contributed by atoms with van der Waals surface area (Å²) in [6.45, 7) is 0. The lowest BCUT2D eigenvalue weighted by atomic mass is 10.1. The number of H-pyrrole nitrogens is 1. The van der Waals surface area contributed by atoms with Gasteiger partial charge in [0.25, 0.3) is 5.91 Å². The summed E-state index contributed by atoms with van der Waals surface area (Å²) < 4.78 is 26.0. The van der Waals surface area contributed by atoms with E-state index in [9.17, 15) is 18.7 Å². The van der Waals surface area contributed by atoms with Crippen molar-refractivity contribution in [1.29, 1.82) is 0 Å². The number of hydrogen-bond acceptors (Lipinski definition) is 3. The summed E-state index contributed by atoms with van der Waals surface area (Å²) in [7, 11) is 0. The summed E-state index contributed by atoms with van der Waals surface area (Å²) in [5.74, 6) is -2.90. The van der Waals surface area contributed by atoms with E-state index in [-0.39, 0.29) is 5.56 Å². The van der Waals surface area contributed by atoms with E-state index >= 15 is 0 Å². The van der Waals surface area contributed by atoms with Crippen LogP contribution in [0.2, 0.25) is 0 Å². The molecule has 0 aliphatic rings. The van der Waals surface area contributed by atoms with Crippen molar-refractivity contribution in [2.75, 3.05) is 5.32 Å². The van der Waals surface area contributed by atoms with E-state index in [0.717, 1.165) is 29.1 Å². The van der Waals surface area contributed by atoms with Gasteiger partial charge in [-0.2, -0.15) is 5.10 Å². The van der Waals surface area contributed by atoms with E-state index in [1.165, 1.54) is 0 Å². The number of carbonyl (C=O) groups is 1. The van der Waals surface area contributed by atoms with E-state index < -0.39 is 23.6 Å². The molecule has 22 heavy (non-hydrogen) atoms. The normalized spacial score (nSPS) is 12.3. The highest BCUT2D eigenvalue weighted by atomic mass is 19.2. The summed E-state index contributed by atoms with van der Waals surface area (Å²) in [6.07, 6.45) is -0.00770. The molecule has 3 aromatic rings. The van der Waals surface area contributed by atoms with Crippen molar-refractivity contribution in [1.82, 2.24) is 10.2 Å². The van der Waals surface area contributed by atoms with Crippen LogP contribution in [-0.4, -0.2) is 21.2 Å². The highest BCUT2D eigenvalue weighted by molar-refractivity contribution is 5.96. The molecule has 5 nitrogen and oxygen atoms in total. The average molecular weight is 303 g/mol. The highest BCUT2D eigenvalue weighted by Crippen LogP contribution is 2.20. The maximum atomic E-state index is 13.1. The van der Waals surface area contributed by atoms with Gasteiger partial charge in [0.2, 0.25) is 0 Å². The Labute approximate surface area is 123 Å². The van der Waals surface area contributed by atoms with Crippen LogP contribution in [0.3, 0.4) is 0 Å². The first-order valence-corrected chi connectivity index (χ1v) is 6.41. The van der Waals surface area contributed by atoms with Gasteiger partial charge in [-0.15, -0.1) is 0 Å². The van der Waals surface area contributed by atoms with Crippen LogP contribution in [0.15, 0.2) is 42.6 Å². The van der Waals surface area contributed by atoms with Crippen LogP contribution in [0.4, 0.5) is 14.5 Å². The van der Waals surface area contributed by atoms with Gasteiger partial charge in [-0.05, 0) is 35.9 Å². The lowest BCUT2D eigenvalue weighted by Crippen LogP contribution is -2.21. The smallest absolute Gasteiger partial charge is 0.257 e. The first-order chi connectivity index (χ1) is 10.5. The van der Waals surface area contributed by atoms with E-state index in [0.29, 0.717) is 5.69 Å². The predicted octanol–water partition coefficient (Wildman–Crippen LogP) is 2.51. The minimum Gasteiger partial charge on any atom is -0.378 e. The number of carbonyl (C=O) groups excluding carboxylic acids is 1. The first kappa shape index (κ1) is 14.2. The molecule has 0 aliphatic heterocycles. The van der Waals surface area contributed by atoms with E-state index in [4.69, 9.17) is 0 Å². The molecule has 1 unspecified atom stereocenters. The van der Waals surface area contributed by atoms with Gasteiger partial charge in [0, 0.05) is 11.1 Å². The number of benzene rings is 2. The van der Waals surface area contributed by atoms with Gasteiger partial charge in [0.1, 0.15) is 0 Å². The maximum Gasteiger partial charge on any atom is 0.257 e. The third-order valence-electron chi connectivity index (χ3n) is 3.22. The number of anilines is 1. The third kappa shape index (κ3) is 2.66. The molecule has 0 saturated carbocycles. The molecule has 0 aliphatic carbocycles. The van der Waals surface area contributed by atoms with Gasteiger partial charge in [-0.3, -0.25) is 9.89 Å². The molecule has 1 aromatic heterocycles. The van der Waals surface area contributed by atoms with Crippen LogP contribution in [0, 0.1) is 11.6 Å². The number of amides is 1. The van der Waals surface area contributed by atoms with Gasteiger partial charge in [0.15, 0.2) is 17.7 Å². The van der Waals surface area contributed by atoms with Crippen LogP contribution in [0.1, 0.15) is 11.7 Å². The molecule has 1 amide bonds. The molecular formula is C15H11F2N3O2. The summed E-state index contributed by atoms with van der Waals surface area (Å²) in [6, 6.07) is 7.84. The van der Waals surface area contributed by atoms with Gasteiger partial charge < -0.3 is 10.4 Å². The van der Waals surface area contributed by atoms with E-state index in [1.807, 2.05) is 0 Å². The number of halogens is 2. The Balaban J connectivity index is 1.79. The van der Waals surface area contributed by atoms with Crippen molar-refractivity contribution >= 4 is 22.5 Å². The van der Waals surface area contributed by atoms with Crippen LogP contribution in [-0.2, 0) is 4.79 Å². The molecule has 112 valence electrons. The number of aliphatic hydroxyl groups excluding tert-OH is 1. The van der Waals surface area contributed by atoms with Gasteiger partial charge >= 0.3 is 0 Å². The number of hydrogen-bond donors (Lipinski definition) is 3. The molecule has 3 N–H and O–H groups in total. The first-order valence-electron chi connectivity index (χ1n) is 6.41. The molecule has 0 spiro atoms. The molecule has 1 atom stereocenters. The second-order valence-corrected chi connectivity index (χ2v) is 4.74. The average Bonchev–Trinajstić information content (AvgIpc) is 2.97. The number of aliphatic hydroxyl groups is 1. The topological polar surface area (TPSA) is 78.0 Å². The Morgan fingerprint density at radius 3 is 2.77 bits per heavy atom. The molecule has 0 bridgehead atoms. The summed E-state index contributed by atoms with van der Waals surface area (Å²) >= 11 is 0. The van der Waals surface area contributed by atoms with Gasteiger partial charge in [-0.25, -0.2) is 8.78 Å². The van der Waals surface area contributed by atoms with Crippen molar-refractivity contribution in [3.8, 4) is 0 Å². The van der Waals surface area contributed by atoms with Crippen molar-refractivity contribution < 1.29 is 18.7 Å². The fraction of sp³-hybridized carbons (Fsp3) is 0.0667. The summed E-state index contributed by atoms with van der Waals surface area (Å²) in [5.41, 5.74) is 1.24. The van der Waals surface area contributed by atoms with E-state index in [1.54, 1.807) is 24.4 Å². The Morgan fingerprint density at radius 1 is 1.18 bits per heavy atom. The van der Waals surface area contributed by atoms with Crippen molar-refractivity contribution in [3.05, 3.63) is 59.8 Å². The summed E-state index contributed by atoms with van der Waals surface area (Å²) in [4.78, 5) is 12.0. The van der Waals surface area contributed by atoms with Crippen LogP contribution < -0.4 is 5.32 Å². The quantitative estimate of drug-likeness (QED) is 0.695. The van der Waals surface area contributed by atoms with E-state index in [2.05, 4.69) is 15.5 Å². The van der Waals surface area contributed by atoms with Crippen LogP contribution in [0.25, 0.3) is 10.9 Å². The zero-order valence-electron chi connectivity index (χ0n) is 11.2. The molecule has 0 radical (unpaired) electrons. The van der Waals surface area contributed by atoms with Gasteiger partial charge in [-0.1, -0.05) is 6.07 Å². The summed E-state index contributed by atoms with van der Waals surface area (Å²) in [5, 5.41) is 19.8. The molecule has 0 fully saturated rings. The predicted molar refractivity (Wildman–Crippen MR) is 76.0 cm³/mol. The molecule has 0 saturated heterocycles. The number of fused-ring (bicyclic) bond motifs is 1. The Bertz CT molecular complexity index is 848. The second kappa shape index (κ2) is 5.53. The zero-order chi connectivity index (χ0) is 15.7. The number of rotatable bonds is 3. The molecule has 3 rings (SSSR count). The van der Waals surface area contributed by atoms with Gasteiger partial charge in [0.05, 0.1) is 11.7 Å². The lowest BCUT2D eigenvalue weighted by molar-refractivity contribution is -0.124. The number of nitrogens with one attached hydrogen (secondary N) is 2. The Kier molecular flexibility index (Phi) is 3.56.